The van der Waals surface area contributed by atoms with E-state index in [0.717, 1.165) is 10.1 Å². The van der Waals surface area contributed by atoms with Gasteiger partial charge in [0.2, 0.25) is 0 Å². The van der Waals surface area contributed by atoms with Gasteiger partial charge in [0.05, 0.1) is 5.02 Å². The van der Waals surface area contributed by atoms with Gasteiger partial charge in [-0.05, 0) is 12.0 Å². The van der Waals surface area contributed by atoms with E-state index in [4.69, 9.17) is 11.6 Å². The van der Waals surface area contributed by atoms with Crippen LogP contribution < -0.4 is 11.2 Å². The zero-order valence-corrected chi connectivity index (χ0v) is 10.6. The van der Waals surface area contributed by atoms with Crippen LogP contribution in [0.4, 0.5) is 0 Å². The molecule has 0 amide bonds. The van der Waals surface area contributed by atoms with Gasteiger partial charge in [-0.2, -0.15) is 0 Å². The number of hydrogen-bond acceptors (Lipinski definition) is 3. The van der Waals surface area contributed by atoms with Crippen LogP contribution in [0.5, 0.6) is 0 Å². The van der Waals surface area contributed by atoms with E-state index in [1.54, 1.807) is 13.2 Å². The molecule has 5 nitrogen and oxygen atoms in total. The Kier molecular flexibility index (Phi) is 2.79. The molecule has 17 heavy (non-hydrogen) atoms. The average Bonchev–Trinajstić information content (AvgIpc) is 2.33. The van der Waals surface area contributed by atoms with Gasteiger partial charge in [0.1, 0.15) is 5.39 Å². The van der Waals surface area contributed by atoms with Gasteiger partial charge in [0.25, 0.3) is 5.56 Å². The van der Waals surface area contributed by atoms with Crippen LogP contribution in [-0.4, -0.2) is 14.1 Å². The van der Waals surface area contributed by atoms with Gasteiger partial charge in [-0.25, -0.2) is 9.78 Å². The van der Waals surface area contributed by atoms with Gasteiger partial charge in [0.15, 0.2) is 5.65 Å². The molecule has 0 aromatic carbocycles. The van der Waals surface area contributed by atoms with Crippen molar-refractivity contribution in [3.8, 4) is 0 Å². The normalized spacial score (nSPS) is 11.1. The smallest absolute Gasteiger partial charge is 0.280 e. The molecular formula is C11H12ClN3O2. The molecule has 2 aromatic heterocycles. The number of aromatic nitrogens is 3. The van der Waals surface area contributed by atoms with Crippen molar-refractivity contribution >= 4 is 22.6 Å². The van der Waals surface area contributed by atoms with Crippen molar-refractivity contribution in [3.05, 3.63) is 37.6 Å². The van der Waals surface area contributed by atoms with Crippen molar-refractivity contribution in [2.45, 2.75) is 13.3 Å². The highest BCUT2D eigenvalue weighted by atomic mass is 35.5. The quantitative estimate of drug-likeness (QED) is 0.757. The van der Waals surface area contributed by atoms with Gasteiger partial charge in [-0.3, -0.25) is 13.9 Å². The molecule has 0 saturated carbocycles. The number of halogens is 1. The van der Waals surface area contributed by atoms with Gasteiger partial charge in [0, 0.05) is 20.3 Å². The Bertz CT molecular complexity index is 715. The Labute approximate surface area is 102 Å². The van der Waals surface area contributed by atoms with Crippen LogP contribution in [0.25, 0.3) is 11.0 Å². The van der Waals surface area contributed by atoms with Crippen molar-refractivity contribution in [1.82, 2.24) is 14.1 Å². The zero-order chi connectivity index (χ0) is 12.7. The lowest BCUT2D eigenvalue weighted by atomic mass is 10.2. The highest BCUT2D eigenvalue weighted by Gasteiger charge is 2.14. The van der Waals surface area contributed by atoms with E-state index >= 15 is 0 Å². The summed E-state index contributed by atoms with van der Waals surface area (Å²) in [5.74, 6) is 0. The first-order valence-corrected chi connectivity index (χ1v) is 5.60. The molecule has 2 heterocycles. The van der Waals surface area contributed by atoms with E-state index in [1.807, 2.05) is 6.92 Å². The molecule has 0 saturated heterocycles. The van der Waals surface area contributed by atoms with E-state index in [9.17, 15) is 9.59 Å². The Morgan fingerprint density at radius 1 is 1.29 bits per heavy atom. The maximum absolute atomic E-state index is 12.0. The van der Waals surface area contributed by atoms with Crippen LogP contribution in [-0.2, 0) is 20.5 Å². The molecule has 0 atom stereocenters. The summed E-state index contributed by atoms with van der Waals surface area (Å²) in [6, 6.07) is 0. The molecule has 0 spiro atoms. The van der Waals surface area contributed by atoms with Crippen LogP contribution in [0.3, 0.4) is 0 Å². The standard InChI is InChI=1S/C11H12ClN3O2/c1-4-6-5-13-9-7(8(6)12)10(16)15(3)11(17)14(9)2/h5H,4H2,1-3H3. The SMILES string of the molecule is CCc1cnc2c(c1Cl)c(=O)n(C)c(=O)n2C. The summed E-state index contributed by atoms with van der Waals surface area (Å²) in [5.41, 5.74) is 0.307. The monoisotopic (exact) mass is 253 g/mol. The van der Waals surface area contributed by atoms with Crippen molar-refractivity contribution in [1.29, 1.82) is 0 Å². The Balaban J connectivity index is 3.13. The number of pyridine rings is 1. The first-order valence-electron chi connectivity index (χ1n) is 5.22. The highest BCUT2D eigenvalue weighted by molar-refractivity contribution is 6.35. The number of nitrogens with zero attached hydrogens (tertiary/aromatic N) is 3. The molecule has 0 bridgehead atoms. The third-order valence-corrected chi connectivity index (χ3v) is 3.29. The van der Waals surface area contributed by atoms with Gasteiger partial charge in [-0.1, -0.05) is 18.5 Å². The van der Waals surface area contributed by atoms with Crippen LogP contribution in [0.15, 0.2) is 15.8 Å². The average molecular weight is 254 g/mol. The molecule has 2 aromatic rings. The lowest BCUT2D eigenvalue weighted by molar-refractivity contribution is 0.707. The fraction of sp³-hybridized carbons (Fsp3) is 0.364. The van der Waals surface area contributed by atoms with Crippen molar-refractivity contribution in [2.75, 3.05) is 0 Å². The topological polar surface area (TPSA) is 56.9 Å². The minimum absolute atomic E-state index is 0.301. The molecular weight excluding hydrogens is 242 g/mol. The maximum atomic E-state index is 12.0. The molecule has 0 radical (unpaired) electrons. The van der Waals surface area contributed by atoms with E-state index in [0.29, 0.717) is 22.5 Å². The number of hydrogen-bond donors (Lipinski definition) is 0. The second kappa shape index (κ2) is 4.00. The summed E-state index contributed by atoms with van der Waals surface area (Å²) < 4.78 is 2.36. The van der Waals surface area contributed by atoms with Crippen molar-refractivity contribution < 1.29 is 0 Å². The predicted octanol–water partition coefficient (Wildman–Crippen LogP) is 0.848. The Hall–Kier alpha value is -1.62. The fourth-order valence-electron chi connectivity index (χ4n) is 1.78. The van der Waals surface area contributed by atoms with Crippen LogP contribution in [0.1, 0.15) is 12.5 Å². The molecule has 0 unspecified atom stereocenters. The summed E-state index contributed by atoms with van der Waals surface area (Å²) in [5, 5.41) is 0.685. The lowest BCUT2D eigenvalue weighted by Crippen LogP contribution is -2.37. The van der Waals surface area contributed by atoms with E-state index in [1.165, 1.54) is 11.6 Å². The minimum atomic E-state index is -0.407. The molecule has 0 aliphatic rings. The summed E-state index contributed by atoms with van der Waals surface area (Å²) in [6.07, 6.45) is 2.29. The molecule has 90 valence electrons. The summed E-state index contributed by atoms with van der Waals surface area (Å²) >= 11 is 6.17. The van der Waals surface area contributed by atoms with Gasteiger partial charge >= 0.3 is 5.69 Å². The molecule has 0 N–H and O–H groups in total. The molecule has 0 aliphatic carbocycles. The van der Waals surface area contributed by atoms with Crippen molar-refractivity contribution in [2.24, 2.45) is 14.1 Å². The summed E-state index contributed by atoms with van der Waals surface area (Å²) in [6.45, 7) is 1.93. The number of aryl methyl sites for hydroxylation is 2. The highest BCUT2D eigenvalue weighted by Crippen LogP contribution is 2.22. The molecule has 0 fully saturated rings. The second-order valence-corrected chi connectivity index (χ2v) is 4.23. The predicted molar refractivity (Wildman–Crippen MR) is 66.6 cm³/mol. The first-order chi connectivity index (χ1) is 7.99. The van der Waals surface area contributed by atoms with Gasteiger partial charge < -0.3 is 0 Å². The number of fused-ring (bicyclic) bond motifs is 1. The summed E-state index contributed by atoms with van der Waals surface area (Å²) in [4.78, 5) is 27.9. The molecule has 6 heteroatoms. The third-order valence-electron chi connectivity index (χ3n) is 2.86. The largest absolute Gasteiger partial charge is 0.332 e. The summed E-state index contributed by atoms with van der Waals surface area (Å²) in [7, 11) is 3.00. The Morgan fingerprint density at radius 2 is 1.94 bits per heavy atom. The number of rotatable bonds is 1. The fourth-order valence-corrected chi connectivity index (χ4v) is 2.13. The lowest BCUT2D eigenvalue weighted by Gasteiger charge is -2.09. The second-order valence-electron chi connectivity index (χ2n) is 3.86. The molecule has 0 aliphatic heterocycles. The van der Waals surface area contributed by atoms with Crippen LogP contribution in [0.2, 0.25) is 5.02 Å². The molecule has 2 rings (SSSR count). The van der Waals surface area contributed by atoms with E-state index in [-0.39, 0.29) is 0 Å². The van der Waals surface area contributed by atoms with Crippen LogP contribution >= 0.6 is 11.6 Å². The zero-order valence-electron chi connectivity index (χ0n) is 9.82. The third kappa shape index (κ3) is 1.58. The van der Waals surface area contributed by atoms with Crippen molar-refractivity contribution in [3.63, 3.8) is 0 Å². The Morgan fingerprint density at radius 3 is 2.53 bits per heavy atom. The maximum Gasteiger partial charge on any atom is 0.332 e. The van der Waals surface area contributed by atoms with Crippen LogP contribution in [0, 0.1) is 0 Å². The minimum Gasteiger partial charge on any atom is -0.280 e. The first kappa shape index (κ1) is 11.9. The van der Waals surface area contributed by atoms with E-state index in [2.05, 4.69) is 4.98 Å². The van der Waals surface area contributed by atoms with Gasteiger partial charge in [-0.15, -0.1) is 0 Å². The van der Waals surface area contributed by atoms with E-state index < -0.39 is 11.2 Å².